The number of hydrogen-bond donors (Lipinski definition) is 0. The summed E-state index contributed by atoms with van der Waals surface area (Å²) in [5.74, 6) is 1.72. The number of nitrogens with zero attached hydrogens (tertiary/aromatic N) is 5. The minimum Gasteiger partial charge on any atom is -0.307 e. The van der Waals surface area contributed by atoms with Gasteiger partial charge in [-0.1, -0.05) is 218 Å². The Kier molecular flexibility index (Phi) is 9.43. The lowest BCUT2D eigenvalue weighted by molar-refractivity contribution is 0.953. The Bertz CT molecular complexity index is 3870. The van der Waals surface area contributed by atoms with Gasteiger partial charge in [0.15, 0.2) is 11.6 Å². The molecule has 0 spiro atoms. The lowest BCUT2D eigenvalue weighted by Gasteiger charge is -2.15. The fraction of sp³-hybridized carbons (Fsp3) is 0. The van der Waals surface area contributed by atoms with Crippen molar-refractivity contribution in [1.29, 1.82) is 0 Å². The highest BCUT2D eigenvalue weighted by molar-refractivity contribution is 6.28. The highest BCUT2D eigenvalue weighted by Crippen LogP contribution is 2.46. The Labute approximate surface area is 393 Å². The molecule has 3 aromatic heterocycles. The zero-order valence-electron chi connectivity index (χ0n) is 36.9. The molecule has 0 saturated carbocycles. The van der Waals surface area contributed by atoms with Gasteiger partial charge in [0.2, 0.25) is 5.95 Å². The van der Waals surface area contributed by atoms with Crippen LogP contribution in [0.15, 0.2) is 249 Å². The van der Waals surface area contributed by atoms with Gasteiger partial charge in [0.25, 0.3) is 0 Å². The van der Waals surface area contributed by atoms with Gasteiger partial charge in [0.1, 0.15) is 0 Å². The van der Waals surface area contributed by atoms with Crippen LogP contribution in [0.3, 0.4) is 0 Å². The molecular weight excluding hydrogens is 827 g/mol. The quantitative estimate of drug-likeness (QED) is 0.153. The van der Waals surface area contributed by atoms with Crippen molar-refractivity contribution in [2.24, 2.45) is 0 Å². The number of hydrogen-bond acceptors (Lipinski definition) is 3. The van der Waals surface area contributed by atoms with Crippen molar-refractivity contribution in [3.8, 4) is 78.9 Å². The number of aromatic nitrogens is 5. The van der Waals surface area contributed by atoms with Crippen LogP contribution in [0.4, 0.5) is 0 Å². The Morgan fingerprint density at radius 1 is 0.265 bits per heavy atom. The van der Waals surface area contributed by atoms with Crippen molar-refractivity contribution in [1.82, 2.24) is 24.1 Å². The highest BCUT2D eigenvalue weighted by Gasteiger charge is 2.26. The molecule has 0 aliphatic heterocycles. The van der Waals surface area contributed by atoms with Crippen LogP contribution in [0.25, 0.3) is 123 Å². The van der Waals surface area contributed by atoms with Gasteiger partial charge in [-0.05, 0) is 74.8 Å². The lowest BCUT2D eigenvalue weighted by Crippen LogP contribution is -2.07. The van der Waals surface area contributed by atoms with Crippen molar-refractivity contribution in [3.63, 3.8) is 0 Å². The number of para-hydroxylation sites is 2. The number of rotatable bonds is 8. The predicted octanol–water partition coefficient (Wildman–Crippen LogP) is 16.1. The summed E-state index contributed by atoms with van der Waals surface area (Å²) >= 11 is 0. The Hall–Kier alpha value is -9.19. The molecule has 13 aromatic rings. The SMILES string of the molecule is c1ccc(-c2ccc(-c3nc(-c4ccc(-c5ccccc5)cc4)nc(-n4c5ccccc5c5c(-c6ccccc6)cc6c7ccccc7n(-c7cccc(-c8ccccc8)c7)c6c54)n3)cc2)cc1. The average Bonchev–Trinajstić information content (AvgIpc) is 3.95. The molecular formula is C63H41N5. The van der Waals surface area contributed by atoms with E-state index in [9.17, 15) is 0 Å². The van der Waals surface area contributed by atoms with Crippen LogP contribution >= 0.6 is 0 Å². The molecule has 0 amide bonds. The minimum atomic E-state index is 0.539. The van der Waals surface area contributed by atoms with Gasteiger partial charge in [-0.25, -0.2) is 4.98 Å². The zero-order valence-corrected chi connectivity index (χ0v) is 36.9. The Balaban J connectivity index is 1.14. The van der Waals surface area contributed by atoms with Gasteiger partial charge in [0, 0.05) is 38.4 Å². The van der Waals surface area contributed by atoms with E-state index < -0.39 is 0 Å². The zero-order chi connectivity index (χ0) is 45.0. The van der Waals surface area contributed by atoms with E-state index >= 15 is 0 Å². The second-order valence-electron chi connectivity index (χ2n) is 17.2. The Morgan fingerprint density at radius 2 is 0.691 bits per heavy atom. The van der Waals surface area contributed by atoms with Crippen LogP contribution in [0.5, 0.6) is 0 Å². The van der Waals surface area contributed by atoms with Crippen molar-refractivity contribution < 1.29 is 0 Å². The summed E-state index contributed by atoms with van der Waals surface area (Å²) in [5, 5.41) is 4.55. The van der Waals surface area contributed by atoms with Crippen LogP contribution < -0.4 is 0 Å². The van der Waals surface area contributed by atoms with E-state index in [1.165, 1.54) is 5.56 Å². The topological polar surface area (TPSA) is 48.5 Å². The minimum absolute atomic E-state index is 0.539. The van der Waals surface area contributed by atoms with Crippen LogP contribution in [0.2, 0.25) is 0 Å². The largest absolute Gasteiger partial charge is 0.307 e. The maximum absolute atomic E-state index is 5.49. The average molecular weight is 868 g/mol. The normalized spacial score (nSPS) is 11.5. The number of benzene rings is 10. The Morgan fingerprint density at radius 3 is 1.25 bits per heavy atom. The molecule has 318 valence electrons. The van der Waals surface area contributed by atoms with Crippen molar-refractivity contribution in [2.75, 3.05) is 0 Å². The molecule has 68 heavy (non-hydrogen) atoms. The lowest BCUT2D eigenvalue weighted by atomic mass is 9.96. The molecule has 5 nitrogen and oxygen atoms in total. The molecule has 0 aliphatic carbocycles. The monoisotopic (exact) mass is 867 g/mol. The molecule has 0 fully saturated rings. The van der Waals surface area contributed by atoms with Gasteiger partial charge < -0.3 is 4.57 Å². The molecule has 0 bridgehead atoms. The summed E-state index contributed by atoms with van der Waals surface area (Å²) in [6.07, 6.45) is 0. The third kappa shape index (κ3) is 6.68. The molecule has 0 atom stereocenters. The molecule has 13 rings (SSSR count). The van der Waals surface area contributed by atoms with E-state index in [4.69, 9.17) is 15.0 Å². The van der Waals surface area contributed by atoms with Crippen LogP contribution in [0, 0.1) is 0 Å². The van der Waals surface area contributed by atoms with E-state index in [1.807, 2.05) is 12.1 Å². The van der Waals surface area contributed by atoms with E-state index in [0.717, 1.165) is 99.4 Å². The van der Waals surface area contributed by atoms with Crippen LogP contribution in [0.1, 0.15) is 0 Å². The third-order valence-electron chi connectivity index (χ3n) is 13.2. The first kappa shape index (κ1) is 39.2. The molecule has 0 unspecified atom stereocenters. The van der Waals surface area contributed by atoms with E-state index in [1.54, 1.807) is 0 Å². The summed E-state index contributed by atoms with van der Waals surface area (Å²) in [5.41, 5.74) is 16.2. The summed E-state index contributed by atoms with van der Waals surface area (Å²) in [7, 11) is 0. The van der Waals surface area contributed by atoms with Gasteiger partial charge in [-0.2, -0.15) is 9.97 Å². The fourth-order valence-corrected chi connectivity index (χ4v) is 9.98. The first-order valence-electron chi connectivity index (χ1n) is 23.0. The standard InChI is InChI=1S/C63H41N5/c1-5-18-42(19-6-1)45-32-36-48(37-33-45)61-64-62(49-38-34-46(35-39-49)43-20-7-2-8-21-43)66-63(65-61)68-57-31-16-14-29-53(57)58-54(47-24-11-4-12-25-47)41-55-52-28-13-15-30-56(52)67(59(55)60(58)68)51-27-17-26-50(40-51)44-22-9-3-10-23-44/h1-41H. The fourth-order valence-electron chi connectivity index (χ4n) is 9.98. The smallest absolute Gasteiger partial charge is 0.238 e. The summed E-state index contributed by atoms with van der Waals surface area (Å²) in [6.45, 7) is 0. The van der Waals surface area contributed by atoms with E-state index in [2.05, 4.69) is 246 Å². The molecule has 0 radical (unpaired) electrons. The van der Waals surface area contributed by atoms with E-state index in [-0.39, 0.29) is 0 Å². The molecule has 0 saturated heterocycles. The van der Waals surface area contributed by atoms with Gasteiger partial charge >= 0.3 is 0 Å². The molecule has 0 N–H and O–H groups in total. The maximum atomic E-state index is 5.49. The summed E-state index contributed by atoms with van der Waals surface area (Å²) < 4.78 is 4.73. The summed E-state index contributed by atoms with van der Waals surface area (Å²) in [4.78, 5) is 16.3. The first-order valence-corrected chi connectivity index (χ1v) is 23.0. The van der Waals surface area contributed by atoms with Crippen molar-refractivity contribution in [2.45, 2.75) is 0 Å². The highest BCUT2D eigenvalue weighted by atomic mass is 15.2. The van der Waals surface area contributed by atoms with Crippen LogP contribution in [-0.2, 0) is 0 Å². The van der Waals surface area contributed by atoms with Crippen molar-refractivity contribution in [3.05, 3.63) is 249 Å². The molecule has 10 aromatic carbocycles. The first-order chi connectivity index (χ1) is 33.7. The van der Waals surface area contributed by atoms with Gasteiger partial charge in [0.05, 0.1) is 22.1 Å². The summed E-state index contributed by atoms with van der Waals surface area (Å²) in [6, 6.07) is 88.2. The van der Waals surface area contributed by atoms with Gasteiger partial charge in [-0.3, -0.25) is 4.57 Å². The van der Waals surface area contributed by atoms with E-state index in [0.29, 0.717) is 17.6 Å². The molecule has 0 aliphatic rings. The second-order valence-corrected chi connectivity index (χ2v) is 17.2. The number of fused-ring (bicyclic) bond motifs is 7. The van der Waals surface area contributed by atoms with Crippen LogP contribution in [-0.4, -0.2) is 24.1 Å². The molecule has 3 heterocycles. The molecule has 5 heteroatoms. The predicted molar refractivity (Wildman–Crippen MR) is 281 cm³/mol. The third-order valence-corrected chi connectivity index (χ3v) is 13.2. The second kappa shape index (κ2) is 16.4. The van der Waals surface area contributed by atoms with Crippen molar-refractivity contribution >= 4 is 43.6 Å². The van der Waals surface area contributed by atoms with Gasteiger partial charge in [-0.15, -0.1) is 0 Å². The maximum Gasteiger partial charge on any atom is 0.238 e.